The molecule has 0 unspecified atom stereocenters. The maximum absolute atomic E-state index is 6.12. The van der Waals surface area contributed by atoms with Crippen molar-refractivity contribution in [2.24, 2.45) is 0 Å². The summed E-state index contributed by atoms with van der Waals surface area (Å²) in [6.07, 6.45) is 0. The zero-order chi connectivity index (χ0) is 11.5. The van der Waals surface area contributed by atoms with Crippen molar-refractivity contribution in [3.63, 3.8) is 0 Å². The predicted octanol–water partition coefficient (Wildman–Crippen LogP) is 3.19. The molecule has 1 aromatic carbocycles. The summed E-state index contributed by atoms with van der Waals surface area (Å²) >= 11 is 6.12. The second-order valence-electron chi connectivity index (χ2n) is 3.95. The van der Waals surface area contributed by atoms with Gasteiger partial charge in [-0.25, -0.2) is 0 Å². The SMILES string of the molecule is CCOc1ccc(C(C)(C)NC)cc1Cl. The Labute approximate surface area is 96.6 Å². The van der Waals surface area contributed by atoms with E-state index >= 15 is 0 Å². The van der Waals surface area contributed by atoms with Gasteiger partial charge in [-0.1, -0.05) is 17.7 Å². The molecule has 0 saturated carbocycles. The van der Waals surface area contributed by atoms with E-state index < -0.39 is 0 Å². The lowest BCUT2D eigenvalue weighted by Crippen LogP contribution is -2.33. The van der Waals surface area contributed by atoms with Gasteiger partial charge in [-0.2, -0.15) is 0 Å². The van der Waals surface area contributed by atoms with Crippen LogP contribution in [0.15, 0.2) is 18.2 Å². The summed E-state index contributed by atoms with van der Waals surface area (Å²) in [5.41, 5.74) is 1.08. The lowest BCUT2D eigenvalue weighted by Gasteiger charge is -2.25. The Morgan fingerprint density at radius 3 is 2.53 bits per heavy atom. The maximum atomic E-state index is 6.12. The Kier molecular flexibility index (Phi) is 4.00. The number of benzene rings is 1. The van der Waals surface area contributed by atoms with Crippen molar-refractivity contribution in [3.8, 4) is 5.75 Å². The van der Waals surface area contributed by atoms with Gasteiger partial charge < -0.3 is 10.1 Å². The van der Waals surface area contributed by atoms with Gasteiger partial charge in [0.05, 0.1) is 11.6 Å². The third-order valence-corrected chi connectivity index (χ3v) is 2.87. The van der Waals surface area contributed by atoms with E-state index in [-0.39, 0.29) is 5.54 Å². The first kappa shape index (κ1) is 12.3. The average Bonchev–Trinajstić information content (AvgIpc) is 2.21. The zero-order valence-corrected chi connectivity index (χ0v) is 10.5. The second-order valence-corrected chi connectivity index (χ2v) is 4.36. The predicted molar refractivity (Wildman–Crippen MR) is 64.7 cm³/mol. The lowest BCUT2D eigenvalue weighted by atomic mass is 9.94. The molecule has 1 aromatic rings. The van der Waals surface area contributed by atoms with Gasteiger partial charge in [-0.15, -0.1) is 0 Å². The molecule has 84 valence electrons. The van der Waals surface area contributed by atoms with Crippen LogP contribution < -0.4 is 10.1 Å². The van der Waals surface area contributed by atoms with Crippen LogP contribution in [-0.2, 0) is 5.54 Å². The number of halogens is 1. The summed E-state index contributed by atoms with van der Waals surface area (Å²) in [4.78, 5) is 0. The molecule has 0 fully saturated rings. The lowest BCUT2D eigenvalue weighted by molar-refractivity contribution is 0.340. The van der Waals surface area contributed by atoms with Crippen molar-refractivity contribution in [1.29, 1.82) is 0 Å². The molecule has 0 bridgehead atoms. The molecular weight excluding hydrogens is 210 g/mol. The summed E-state index contributed by atoms with van der Waals surface area (Å²) < 4.78 is 5.39. The summed E-state index contributed by atoms with van der Waals surface area (Å²) in [6.45, 7) is 6.80. The van der Waals surface area contributed by atoms with E-state index in [4.69, 9.17) is 16.3 Å². The highest BCUT2D eigenvalue weighted by Crippen LogP contribution is 2.29. The maximum Gasteiger partial charge on any atom is 0.137 e. The first-order chi connectivity index (χ1) is 7.01. The Balaban J connectivity index is 3.01. The van der Waals surface area contributed by atoms with Gasteiger partial charge >= 0.3 is 0 Å². The molecule has 3 heteroatoms. The molecule has 1 N–H and O–H groups in total. The number of hydrogen-bond acceptors (Lipinski definition) is 2. The van der Waals surface area contributed by atoms with Gasteiger partial charge in [0.2, 0.25) is 0 Å². The van der Waals surface area contributed by atoms with Crippen molar-refractivity contribution in [1.82, 2.24) is 5.32 Å². The van der Waals surface area contributed by atoms with Crippen molar-refractivity contribution in [2.45, 2.75) is 26.3 Å². The van der Waals surface area contributed by atoms with Crippen LogP contribution in [0.4, 0.5) is 0 Å². The molecule has 0 spiro atoms. The molecule has 0 atom stereocenters. The standard InChI is InChI=1S/C12H18ClNO/c1-5-15-11-7-6-9(8-10(11)13)12(2,3)14-4/h6-8,14H,5H2,1-4H3. The summed E-state index contributed by atoms with van der Waals surface area (Å²) in [5, 5.41) is 3.90. The minimum atomic E-state index is -0.0750. The van der Waals surface area contributed by atoms with E-state index in [2.05, 4.69) is 19.2 Å². The monoisotopic (exact) mass is 227 g/mol. The third-order valence-electron chi connectivity index (χ3n) is 2.58. The van der Waals surface area contributed by atoms with Crippen LogP contribution in [0.5, 0.6) is 5.75 Å². The first-order valence-corrected chi connectivity index (χ1v) is 5.50. The fourth-order valence-electron chi connectivity index (χ4n) is 1.31. The van der Waals surface area contributed by atoms with Crippen molar-refractivity contribution in [2.75, 3.05) is 13.7 Å². The quantitative estimate of drug-likeness (QED) is 0.853. The molecule has 15 heavy (non-hydrogen) atoms. The Morgan fingerprint density at radius 2 is 2.07 bits per heavy atom. The van der Waals surface area contributed by atoms with E-state index in [0.29, 0.717) is 11.6 Å². The van der Waals surface area contributed by atoms with Crippen LogP contribution in [-0.4, -0.2) is 13.7 Å². The van der Waals surface area contributed by atoms with Gasteiger partial charge in [0.15, 0.2) is 0 Å². The molecule has 0 heterocycles. The van der Waals surface area contributed by atoms with Crippen LogP contribution in [0.25, 0.3) is 0 Å². The van der Waals surface area contributed by atoms with E-state index in [1.807, 2.05) is 32.2 Å². The number of hydrogen-bond donors (Lipinski definition) is 1. The van der Waals surface area contributed by atoms with Crippen molar-refractivity contribution in [3.05, 3.63) is 28.8 Å². The summed E-state index contributed by atoms with van der Waals surface area (Å²) in [5.74, 6) is 0.745. The Morgan fingerprint density at radius 1 is 1.40 bits per heavy atom. The summed E-state index contributed by atoms with van der Waals surface area (Å²) in [6, 6.07) is 5.90. The van der Waals surface area contributed by atoms with Crippen LogP contribution in [0, 0.1) is 0 Å². The first-order valence-electron chi connectivity index (χ1n) is 5.13. The average molecular weight is 228 g/mol. The highest BCUT2D eigenvalue weighted by molar-refractivity contribution is 6.32. The summed E-state index contributed by atoms with van der Waals surface area (Å²) in [7, 11) is 1.93. The van der Waals surface area contributed by atoms with E-state index in [1.54, 1.807) is 0 Å². The van der Waals surface area contributed by atoms with Crippen LogP contribution >= 0.6 is 11.6 Å². The molecule has 0 aliphatic rings. The molecule has 0 aliphatic carbocycles. The topological polar surface area (TPSA) is 21.3 Å². The van der Waals surface area contributed by atoms with Gasteiger partial charge in [-0.05, 0) is 45.5 Å². The van der Waals surface area contributed by atoms with Crippen LogP contribution in [0.3, 0.4) is 0 Å². The van der Waals surface area contributed by atoms with Crippen molar-refractivity contribution < 1.29 is 4.74 Å². The highest BCUT2D eigenvalue weighted by atomic mass is 35.5. The van der Waals surface area contributed by atoms with Gasteiger partial charge in [-0.3, -0.25) is 0 Å². The van der Waals surface area contributed by atoms with Crippen LogP contribution in [0.2, 0.25) is 5.02 Å². The highest BCUT2D eigenvalue weighted by Gasteiger charge is 2.18. The van der Waals surface area contributed by atoms with Gasteiger partial charge in [0, 0.05) is 5.54 Å². The minimum absolute atomic E-state index is 0.0750. The molecule has 0 amide bonds. The molecular formula is C12H18ClNO. The smallest absolute Gasteiger partial charge is 0.137 e. The fourth-order valence-corrected chi connectivity index (χ4v) is 1.54. The van der Waals surface area contributed by atoms with E-state index in [9.17, 15) is 0 Å². The molecule has 0 radical (unpaired) electrons. The number of rotatable bonds is 4. The van der Waals surface area contributed by atoms with E-state index in [1.165, 1.54) is 0 Å². The van der Waals surface area contributed by atoms with Gasteiger partial charge in [0.25, 0.3) is 0 Å². The Hall–Kier alpha value is -0.730. The number of ether oxygens (including phenoxy) is 1. The molecule has 2 nitrogen and oxygen atoms in total. The van der Waals surface area contributed by atoms with Crippen LogP contribution in [0.1, 0.15) is 26.3 Å². The normalized spacial score (nSPS) is 11.5. The molecule has 0 saturated heterocycles. The largest absolute Gasteiger partial charge is 0.492 e. The molecule has 0 aromatic heterocycles. The second kappa shape index (κ2) is 4.86. The van der Waals surface area contributed by atoms with Gasteiger partial charge in [0.1, 0.15) is 5.75 Å². The molecule has 1 rings (SSSR count). The zero-order valence-electron chi connectivity index (χ0n) is 9.73. The number of nitrogens with one attached hydrogen (secondary N) is 1. The minimum Gasteiger partial charge on any atom is -0.492 e. The van der Waals surface area contributed by atoms with Crippen molar-refractivity contribution >= 4 is 11.6 Å². The Bertz CT molecular complexity index is 336. The van der Waals surface area contributed by atoms with E-state index in [0.717, 1.165) is 11.3 Å². The third kappa shape index (κ3) is 2.86. The fraction of sp³-hybridized carbons (Fsp3) is 0.500. The molecule has 0 aliphatic heterocycles.